The molecule has 0 aliphatic carbocycles. The average molecular weight is 288 g/mol. The van der Waals surface area contributed by atoms with Crippen LogP contribution in [0.5, 0.6) is 0 Å². The second-order valence-electron chi connectivity index (χ2n) is 3.02. The third kappa shape index (κ3) is 3.13. The van der Waals surface area contributed by atoms with Gasteiger partial charge in [-0.25, -0.2) is 0 Å². The van der Waals surface area contributed by atoms with E-state index in [1.807, 2.05) is 13.8 Å². The first-order chi connectivity index (χ1) is 7.58. The van der Waals surface area contributed by atoms with E-state index in [0.29, 0.717) is 29.7 Å². The lowest BCUT2D eigenvalue weighted by molar-refractivity contribution is -0.116. The van der Waals surface area contributed by atoms with Crippen molar-refractivity contribution in [1.29, 1.82) is 0 Å². The van der Waals surface area contributed by atoms with Gasteiger partial charge in [0.05, 0.1) is 0 Å². The van der Waals surface area contributed by atoms with Crippen LogP contribution in [0.2, 0.25) is 0 Å². The maximum Gasteiger partial charge on any atom is 0.237 e. The molecule has 88 valence electrons. The van der Waals surface area contributed by atoms with Crippen molar-refractivity contribution in [3.63, 3.8) is 0 Å². The number of halogens is 1. The Bertz CT molecular complexity index is 384. The molecule has 0 aliphatic heterocycles. The van der Waals surface area contributed by atoms with Gasteiger partial charge in [-0.15, -0.1) is 0 Å². The first-order valence-corrected chi connectivity index (χ1v) is 5.81. The molecule has 0 bridgehead atoms. The summed E-state index contributed by atoms with van der Waals surface area (Å²) < 4.78 is 0.410. The number of rotatable bonds is 4. The molecule has 1 rings (SSSR count). The Morgan fingerprint density at radius 1 is 1.38 bits per heavy atom. The molecule has 1 aromatic heterocycles. The van der Waals surface area contributed by atoms with Gasteiger partial charge >= 0.3 is 0 Å². The van der Waals surface area contributed by atoms with Crippen molar-refractivity contribution in [3.05, 3.63) is 4.73 Å². The molecular formula is C9H14BrN5O. The SMILES string of the molecule is CCNc1nc(Br)nc(N(CC)C(C)=O)n1. The summed E-state index contributed by atoms with van der Waals surface area (Å²) in [5.41, 5.74) is 0. The minimum absolute atomic E-state index is 0.0944. The molecule has 0 atom stereocenters. The van der Waals surface area contributed by atoms with Gasteiger partial charge in [0.2, 0.25) is 22.5 Å². The third-order valence-electron chi connectivity index (χ3n) is 1.87. The highest BCUT2D eigenvalue weighted by Gasteiger charge is 2.14. The van der Waals surface area contributed by atoms with Gasteiger partial charge in [0.25, 0.3) is 0 Å². The molecule has 1 amide bonds. The molecule has 1 heterocycles. The van der Waals surface area contributed by atoms with Crippen LogP contribution in [0.4, 0.5) is 11.9 Å². The number of hydrogen-bond acceptors (Lipinski definition) is 5. The van der Waals surface area contributed by atoms with Crippen molar-refractivity contribution in [2.24, 2.45) is 0 Å². The van der Waals surface area contributed by atoms with E-state index >= 15 is 0 Å². The van der Waals surface area contributed by atoms with Crippen LogP contribution in [0.1, 0.15) is 20.8 Å². The van der Waals surface area contributed by atoms with Crippen molar-refractivity contribution < 1.29 is 4.79 Å². The number of hydrogen-bond donors (Lipinski definition) is 1. The van der Waals surface area contributed by atoms with E-state index in [4.69, 9.17) is 0 Å². The summed E-state index contributed by atoms with van der Waals surface area (Å²) in [5, 5.41) is 2.98. The van der Waals surface area contributed by atoms with Gasteiger partial charge in [-0.05, 0) is 29.8 Å². The molecule has 6 nitrogen and oxygen atoms in total. The molecule has 0 unspecified atom stereocenters. The highest BCUT2D eigenvalue weighted by molar-refractivity contribution is 9.10. The fourth-order valence-corrected chi connectivity index (χ4v) is 1.53. The second kappa shape index (κ2) is 5.74. The Kier molecular flexibility index (Phi) is 4.60. The monoisotopic (exact) mass is 287 g/mol. The predicted octanol–water partition coefficient (Wildman–Crippen LogP) is 1.44. The summed E-state index contributed by atoms with van der Waals surface area (Å²) in [4.78, 5) is 25.1. The van der Waals surface area contributed by atoms with E-state index in [1.54, 1.807) is 0 Å². The topological polar surface area (TPSA) is 71.0 Å². The zero-order chi connectivity index (χ0) is 12.1. The maximum absolute atomic E-state index is 11.3. The first-order valence-electron chi connectivity index (χ1n) is 5.02. The van der Waals surface area contributed by atoms with Gasteiger partial charge in [0, 0.05) is 20.0 Å². The Morgan fingerprint density at radius 2 is 2.06 bits per heavy atom. The molecule has 0 saturated heterocycles. The molecule has 16 heavy (non-hydrogen) atoms. The lowest BCUT2D eigenvalue weighted by atomic mass is 10.5. The van der Waals surface area contributed by atoms with Crippen molar-refractivity contribution >= 4 is 33.7 Å². The highest BCUT2D eigenvalue weighted by atomic mass is 79.9. The van der Waals surface area contributed by atoms with Gasteiger partial charge in [-0.3, -0.25) is 9.69 Å². The molecule has 7 heteroatoms. The number of carbonyl (C=O) groups is 1. The number of aromatic nitrogens is 3. The van der Waals surface area contributed by atoms with Crippen molar-refractivity contribution in [2.75, 3.05) is 23.3 Å². The lowest BCUT2D eigenvalue weighted by Crippen LogP contribution is -2.30. The Morgan fingerprint density at radius 3 is 2.56 bits per heavy atom. The summed E-state index contributed by atoms with van der Waals surface area (Å²) in [5.74, 6) is 0.718. The van der Waals surface area contributed by atoms with Crippen molar-refractivity contribution in [3.8, 4) is 0 Å². The molecule has 0 saturated carbocycles. The Labute approximate surface area is 103 Å². The van der Waals surface area contributed by atoms with Gasteiger partial charge in [-0.2, -0.15) is 15.0 Å². The minimum atomic E-state index is -0.0944. The average Bonchev–Trinajstić information content (AvgIpc) is 2.17. The standard InChI is InChI=1S/C9H14BrN5O/c1-4-11-8-12-7(10)13-9(14-8)15(5-2)6(3)16/h4-5H2,1-3H3,(H,11,12,13,14). The van der Waals surface area contributed by atoms with Gasteiger partial charge in [-0.1, -0.05) is 0 Å². The molecule has 1 aromatic rings. The fourth-order valence-electron chi connectivity index (χ4n) is 1.20. The van der Waals surface area contributed by atoms with Crippen LogP contribution in [0.25, 0.3) is 0 Å². The fraction of sp³-hybridized carbons (Fsp3) is 0.556. The molecule has 1 N–H and O–H groups in total. The summed E-state index contributed by atoms with van der Waals surface area (Å²) in [6, 6.07) is 0. The van der Waals surface area contributed by atoms with Crippen LogP contribution in [-0.2, 0) is 4.79 Å². The van der Waals surface area contributed by atoms with E-state index in [0.717, 1.165) is 0 Å². The number of anilines is 2. The second-order valence-corrected chi connectivity index (χ2v) is 3.73. The van der Waals surface area contributed by atoms with E-state index < -0.39 is 0 Å². The van der Waals surface area contributed by atoms with Crippen LogP contribution in [-0.4, -0.2) is 33.9 Å². The van der Waals surface area contributed by atoms with E-state index in [1.165, 1.54) is 11.8 Å². The summed E-state index contributed by atoms with van der Waals surface area (Å²) >= 11 is 3.19. The molecule has 0 aromatic carbocycles. The van der Waals surface area contributed by atoms with Gasteiger partial charge in [0.1, 0.15) is 0 Å². The number of carbonyl (C=O) groups excluding carboxylic acids is 1. The zero-order valence-electron chi connectivity index (χ0n) is 9.49. The van der Waals surface area contributed by atoms with Crippen LogP contribution in [0, 0.1) is 0 Å². The molecule has 0 radical (unpaired) electrons. The maximum atomic E-state index is 11.3. The molecular weight excluding hydrogens is 274 g/mol. The number of nitrogens with one attached hydrogen (secondary N) is 1. The Hall–Kier alpha value is -1.24. The van der Waals surface area contributed by atoms with Gasteiger partial charge in [0.15, 0.2) is 0 Å². The van der Waals surface area contributed by atoms with Crippen LogP contribution >= 0.6 is 15.9 Å². The Balaban J connectivity index is 3.07. The lowest BCUT2D eigenvalue weighted by Gasteiger charge is -2.17. The normalized spacial score (nSPS) is 10.0. The van der Waals surface area contributed by atoms with Crippen LogP contribution < -0.4 is 10.2 Å². The van der Waals surface area contributed by atoms with Crippen molar-refractivity contribution in [1.82, 2.24) is 15.0 Å². The van der Waals surface area contributed by atoms with E-state index in [2.05, 4.69) is 36.2 Å². The van der Waals surface area contributed by atoms with Gasteiger partial charge < -0.3 is 5.32 Å². The number of nitrogens with zero attached hydrogens (tertiary/aromatic N) is 4. The summed E-state index contributed by atoms with van der Waals surface area (Å²) in [6.07, 6.45) is 0. The highest BCUT2D eigenvalue weighted by Crippen LogP contribution is 2.14. The first kappa shape index (κ1) is 12.8. The third-order valence-corrected chi connectivity index (χ3v) is 2.22. The summed E-state index contributed by atoms with van der Waals surface area (Å²) in [7, 11) is 0. The zero-order valence-corrected chi connectivity index (χ0v) is 11.1. The predicted molar refractivity (Wildman–Crippen MR) is 65.4 cm³/mol. The summed E-state index contributed by atoms with van der Waals surface area (Å²) in [6.45, 7) is 6.53. The largest absolute Gasteiger partial charge is 0.354 e. The minimum Gasteiger partial charge on any atom is -0.354 e. The molecule has 0 aliphatic rings. The van der Waals surface area contributed by atoms with E-state index in [9.17, 15) is 4.79 Å². The quantitative estimate of drug-likeness (QED) is 0.907. The smallest absolute Gasteiger partial charge is 0.237 e. The van der Waals surface area contributed by atoms with E-state index in [-0.39, 0.29) is 5.91 Å². The van der Waals surface area contributed by atoms with Crippen molar-refractivity contribution in [2.45, 2.75) is 20.8 Å². The van der Waals surface area contributed by atoms with Crippen LogP contribution in [0.15, 0.2) is 4.73 Å². The molecule has 0 spiro atoms. The molecule has 0 fully saturated rings. The number of amides is 1. The van der Waals surface area contributed by atoms with Crippen LogP contribution in [0.3, 0.4) is 0 Å².